The lowest BCUT2D eigenvalue weighted by molar-refractivity contribution is 0.0707. The van der Waals surface area contributed by atoms with E-state index in [1.165, 1.54) is 32.1 Å². The minimum Gasteiger partial charge on any atom is -0.377 e. The molecule has 0 spiro atoms. The average molecular weight is 199 g/mol. The Kier molecular flexibility index (Phi) is 3.79. The quantitative estimate of drug-likeness (QED) is 0.743. The zero-order valence-corrected chi connectivity index (χ0v) is 9.00. The molecule has 2 atom stereocenters. The first-order valence-corrected chi connectivity index (χ1v) is 5.76. The van der Waals surface area contributed by atoms with Gasteiger partial charge in [-0.25, -0.2) is 0 Å². The van der Waals surface area contributed by atoms with Crippen LogP contribution in [0.15, 0.2) is 0 Å². The average Bonchev–Trinajstić information content (AvgIpc) is 2.67. The van der Waals surface area contributed by atoms with E-state index in [0.717, 1.165) is 13.2 Å². The molecule has 82 valence electrons. The smallest absolute Gasteiger partial charge is 0.0979 e. The van der Waals surface area contributed by atoms with E-state index in [1.807, 2.05) is 0 Å². The predicted octanol–water partition coefficient (Wildman–Crippen LogP) is 1.32. The Bertz CT molecular complexity index is 169. The van der Waals surface area contributed by atoms with Gasteiger partial charge in [-0.1, -0.05) is 19.3 Å². The van der Waals surface area contributed by atoms with Crippen LogP contribution < -0.4 is 5.32 Å². The summed E-state index contributed by atoms with van der Waals surface area (Å²) >= 11 is 0. The number of hydrogen-bond acceptors (Lipinski definition) is 3. The molecule has 1 saturated carbocycles. The molecule has 2 aliphatic rings. The molecule has 0 radical (unpaired) electrons. The number of nitrogens with one attached hydrogen (secondary N) is 1. The van der Waals surface area contributed by atoms with E-state index < -0.39 is 0 Å². The molecule has 3 nitrogen and oxygen atoms in total. The number of rotatable bonds is 3. The fourth-order valence-corrected chi connectivity index (χ4v) is 2.49. The first-order valence-electron chi connectivity index (χ1n) is 5.76. The third-order valence-corrected chi connectivity index (χ3v) is 3.39. The predicted molar refractivity (Wildman–Crippen MR) is 55.4 cm³/mol. The summed E-state index contributed by atoms with van der Waals surface area (Å²) < 4.78 is 10.8. The fraction of sp³-hybridized carbons (Fsp3) is 1.00. The molecule has 1 aliphatic heterocycles. The zero-order chi connectivity index (χ0) is 9.80. The van der Waals surface area contributed by atoms with E-state index in [-0.39, 0.29) is 6.10 Å². The molecule has 0 aromatic rings. The molecule has 2 fully saturated rings. The molecule has 1 N–H and O–H groups in total. The van der Waals surface area contributed by atoms with Gasteiger partial charge in [0.15, 0.2) is 0 Å². The summed E-state index contributed by atoms with van der Waals surface area (Å²) in [7, 11) is 1.77. The molecule has 3 heteroatoms. The molecule has 0 aromatic carbocycles. The maximum Gasteiger partial charge on any atom is 0.0979 e. The second kappa shape index (κ2) is 5.10. The summed E-state index contributed by atoms with van der Waals surface area (Å²) in [4.78, 5) is 0. The number of ether oxygens (including phenoxy) is 2. The molecule has 0 bridgehead atoms. The van der Waals surface area contributed by atoms with Crippen molar-refractivity contribution in [1.29, 1.82) is 0 Å². The topological polar surface area (TPSA) is 30.5 Å². The zero-order valence-electron chi connectivity index (χ0n) is 9.00. The Morgan fingerprint density at radius 1 is 1.14 bits per heavy atom. The largest absolute Gasteiger partial charge is 0.377 e. The molecule has 0 unspecified atom stereocenters. The van der Waals surface area contributed by atoms with Gasteiger partial charge < -0.3 is 14.8 Å². The fourth-order valence-electron chi connectivity index (χ4n) is 2.49. The standard InChI is InChI=1S/C11H21NO2/c1-13-11-8-14-7-10(11)12-9-5-3-2-4-6-9/h9-12H,2-8H2,1H3/t10-,11-/m0/s1. The monoisotopic (exact) mass is 199 g/mol. The molecule has 1 saturated heterocycles. The van der Waals surface area contributed by atoms with E-state index in [0.29, 0.717) is 12.1 Å². The van der Waals surface area contributed by atoms with Gasteiger partial charge in [-0.3, -0.25) is 0 Å². The van der Waals surface area contributed by atoms with Gasteiger partial charge in [-0.2, -0.15) is 0 Å². The van der Waals surface area contributed by atoms with E-state index in [2.05, 4.69) is 5.32 Å². The molecule has 2 rings (SSSR count). The summed E-state index contributed by atoms with van der Waals surface area (Å²) in [5.41, 5.74) is 0. The van der Waals surface area contributed by atoms with Crippen LogP contribution in [0, 0.1) is 0 Å². The molecule has 0 amide bonds. The van der Waals surface area contributed by atoms with Crippen molar-refractivity contribution in [3.8, 4) is 0 Å². The highest BCUT2D eigenvalue weighted by Gasteiger charge is 2.30. The van der Waals surface area contributed by atoms with Crippen molar-refractivity contribution in [1.82, 2.24) is 5.32 Å². The van der Waals surface area contributed by atoms with Crippen LogP contribution in [0.5, 0.6) is 0 Å². The lowest BCUT2D eigenvalue weighted by Crippen LogP contribution is -2.46. The summed E-state index contributed by atoms with van der Waals surface area (Å²) in [6, 6.07) is 1.12. The second-order valence-electron chi connectivity index (χ2n) is 4.42. The maximum absolute atomic E-state index is 5.41. The number of hydrogen-bond donors (Lipinski definition) is 1. The van der Waals surface area contributed by atoms with Crippen molar-refractivity contribution in [3.05, 3.63) is 0 Å². The van der Waals surface area contributed by atoms with Gasteiger partial charge >= 0.3 is 0 Å². The van der Waals surface area contributed by atoms with Crippen LogP contribution in [0.4, 0.5) is 0 Å². The van der Waals surface area contributed by atoms with Crippen molar-refractivity contribution in [2.24, 2.45) is 0 Å². The third kappa shape index (κ3) is 2.47. The van der Waals surface area contributed by atoms with Crippen LogP contribution in [-0.2, 0) is 9.47 Å². The summed E-state index contributed by atoms with van der Waals surface area (Å²) in [5.74, 6) is 0. The van der Waals surface area contributed by atoms with Gasteiger partial charge in [0.25, 0.3) is 0 Å². The first kappa shape index (κ1) is 10.4. The summed E-state index contributed by atoms with van der Waals surface area (Å²) in [6.07, 6.45) is 7.08. The normalized spacial score (nSPS) is 34.9. The van der Waals surface area contributed by atoms with Gasteiger partial charge in [-0.15, -0.1) is 0 Å². The van der Waals surface area contributed by atoms with Gasteiger partial charge in [0.05, 0.1) is 25.4 Å². The Balaban J connectivity index is 1.77. The van der Waals surface area contributed by atoms with Crippen molar-refractivity contribution < 1.29 is 9.47 Å². The van der Waals surface area contributed by atoms with Crippen LogP contribution in [0.25, 0.3) is 0 Å². The third-order valence-electron chi connectivity index (χ3n) is 3.39. The molecular weight excluding hydrogens is 178 g/mol. The highest BCUT2D eigenvalue weighted by molar-refractivity contribution is 4.86. The lowest BCUT2D eigenvalue weighted by Gasteiger charge is -2.28. The molecular formula is C11H21NO2. The Morgan fingerprint density at radius 3 is 2.64 bits per heavy atom. The molecule has 14 heavy (non-hydrogen) atoms. The molecule has 1 heterocycles. The van der Waals surface area contributed by atoms with Gasteiger partial charge in [-0.05, 0) is 12.8 Å². The van der Waals surface area contributed by atoms with Crippen LogP contribution in [0.3, 0.4) is 0 Å². The Morgan fingerprint density at radius 2 is 1.93 bits per heavy atom. The van der Waals surface area contributed by atoms with Crippen molar-refractivity contribution in [3.63, 3.8) is 0 Å². The van der Waals surface area contributed by atoms with Crippen LogP contribution in [0.2, 0.25) is 0 Å². The van der Waals surface area contributed by atoms with E-state index in [9.17, 15) is 0 Å². The number of methoxy groups -OCH3 is 1. The van der Waals surface area contributed by atoms with Gasteiger partial charge in [0.1, 0.15) is 0 Å². The van der Waals surface area contributed by atoms with E-state index in [4.69, 9.17) is 9.47 Å². The van der Waals surface area contributed by atoms with Crippen LogP contribution in [0.1, 0.15) is 32.1 Å². The Labute approximate surface area is 86.2 Å². The minimum absolute atomic E-state index is 0.261. The highest BCUT2D eigenvalue weighted by Crippen LogP contribution is 2.19. The van der Waals surface area contributed by atoms with E-state index in [1.54, 1.807) is 7.11 Å². The van der Waals surface area contributed by atoms with Crippen molar-refractivity contribution >= 4 is 0 Å². The summed E-state index contributed by atoms with van der Waals surface area (Å²) in [6.45, 7) is 1.57. The SMILES string of the molecule is CO[C@H]1COC[C@@H]1NC1CCCCC1. The molecule has 0 aromatic heterocycles. The van der Waals surface area contributed by atoms with Crippen molar-refractivity contribution in [2.75, 3.05) is 20.3 Å². The van der Waals surface area contributed by atoms with Gasteiger partial charge in [0.2, 0.25) is 0 Å². The van der Waals surface area contributed by atoms with Crippen LogP contribution in [-0.4, -0.2) is 38.5 Å². The van der Waals surface area contributed by atoms with E-state index >= 15 is 0 Å². The first-order chi connectivity index (χ1) is 6.90. The van der Waals surface area contributed by atoms with Crippen molar-refractivity contribution in [2.45, 2.75) is 50.3 Å². The maximum atomic E-state index is 5.41. The second-order valence-corrected chi connectivity index (χ2v) is 4.42. The Hall–Kier alpha value is -0.120. The lowest BCUT2D eigenvalue weighted by atomic mass is 9.94. The molecule has 1 aliphatic carbocycles. The van der Waals surface area contributed by atoms with Gasteiger partial charge in [0, 0.05) is 13.2 Å². The summed E-state index contributed by atoms with van der Waals surface area (Å²) in [5, 5.41) is 3.67. The van der Waals surface area contributed by atoms with Crippen LogP contribution >= 0.6 is 0 Å². The highest BCUT2D eigenvalue weighted by atomic mass is 16.5. The minimum atomic E-state index is 0.261.